The summed E-state index contributed by atoms with van der Waals surface area (Å²) in [6.07, 6.45) is 1.74. The summed E-state index contributed by atoms with van der Waals surface area (Å²) in [5.41, 5.74) is 3.79. The highest BCUT2D eigenvalue weighted by molar-refractivity contribution is 7.84. The number of benzene rings is 2. The summed E-state index contributed by atoms with van der Waals surface area (Å²) >= 11 is 0. The normalized spacial score (nSPS) is 13.9. The molecule has 2 aromatic rings. The first-order chi connectivity index (χ1) is 9.68. The molecule has 2 unspecified atom stereocenters. The van der Waals surface area contributed by atoms with E-state index in [-0.39, 0.29) is 6.04 Å². The van der Waals surface area contributed by atoms with Crippen molar-refractivity contribution in [1.82, 2.24) is 5.32 Å². The Morgan fingerprint density at radius 3 is 2.35 bits per heavy atom. The number of nitrogens with one attached hydrogen (secondary N) is 1. The van der Waals surface area contributed by atoms with Crippen LogP contribution in [-0.2, 0) is 10.8 Å². The van der Waals surface area contributed by atoms with Gasteiger partial charge in [-0.25, -0.2) is 0 Å². The van der Waals surface area contributed by atoms with Gasteiger partial charge in [0.15, 0.2) is 0 Å². The monoisotopic (exact) mass is 287 g/mol. The van der Waals surface area contributed by atoms with Crippen LogP contribution in [0.3, 0.4) is 0 Å². The van der Waals surface area contributed by atoms with Gasteiger partial charge in [-0.15, -0.1) is 0 Å². The number of hydrogen-bond donors (Lipinski definition) is 1. The van der Waals surface area contributed by atoms with Crippen LogP contribution in [0.1, 0.15) is 22.7 Å². The summed E-state index contributed by atoms with van der Waals surface area (Å²) in [5.74, 6) is 0.676. The third-order valence-electron chi connectivity index (χ3n) is 3.37. The Balaban J connectivity index is 2.25. The zero-order valence-corrected chi connectivity index (χ0v) is 12.8. The molecule has 3 heteroatoms. The Morgan fingerprint density at radius 2 is 1.70 bits per heavy atom. The van der Waals surface area contributed by atoms with Crippen molar-refractivity contribution >= 4 is 10.8 Å². The molecule has 0 radical (unpaired) electrons. The predicted octanol–water partition coefficient (Wildman–Crippen LogP) is 3.05. The van der Waals surface area contributed by atoms with Gasteiger partial charge >= 0.3 is 0 Å². The molecule has 0 aromatic heterocycles. The van der Waals surface area contributed by atoms with Crippen LogP contribution in [0.2, 0.25) is 0 Å². The van der Waals surface area contributed by atoms with E-state index in [0.717, 1.165) is 6.54 Å². The van der Waals surface area contributed by atoms with Gasteiger partial charge in [0.1, 0.15) is 0 Å². The molecule has 0 amide bonds. The third kappa shape index (κ3) is 4.02. The molecule has 0 aliphatic rings. The minimum absolute atomic E-state index is 0.154. The Bertz CT molecular complexity index is 568. The molecule has 0 aliphatic heterocycles. The summed E-state index contributed by atoms with van der Waals surface area (Å²) in [4.78, 5) is 0. The number of aryl methyl sites for hydroxylation is 1. The van der Waals surface area contributed by atoms with Crippen molar-refractivity contribution in [2.24, 2.45) is 0 Å². The maximum atomic E-state index is 11.2. The van der Waals surface area contributed by atoms with E-state index < -0.39 is 10.8 Å². The van der Waals surface area contributed by atoms with Crippen molar-refractivity contribution in [1.29, 1.82) is 0 Å². The molecule has 0 heterocycles. The van der Waals surface area contributed by atoms with E-state index in [1.54, 1.807) is 6.26 Å². The molecular formula is C17H21NOS. The van der Waals surface area contributed by atoms with Crippen LogP contribution in [0.25, 0.3) is 0 Å². The van der Waals surface area contributed by atoms with E-state index in [2.05, 4.69) is 60.8 Å². The zero-order valence-electron chi connectivity index (χ0n) is 12.0. The quantitative estimate of drug-likeness (QED) is 0.885. The standard InChI is InChI=1S/C17H21NOS/c1-14-8-6-7-11-16(14)17(18-12-13-20(2)19)15-9-4-3-5-10-15/h3-11,17-18H,12-13H2,1-2H3. The molecule has 106 valence electrons. The summed E-state index contributed by atoms with van der Waals surface area (Å²) in [6, 6.07) is 19.0. The minimum atomic E-state index is -0.763. The first-order valence-corrected chi connectivity index (χ1v) is 8.55. The fraction of sp³-hybridized carbons (Fsp3) is 0.294. The lowest BCUT2D eigenvalue weighted by molar-refractivity contribution is 0.624. The highest BCUT2D eigenvalue weighted by Gasteiger charge is 2.14. The second kappa shape index (κ2) is 7.36. The van der Waals surface area contributed by atoms with Gasteiger partial charge in [0.2, 0.25) is 0 Å². The average molecular weight is 287 g/mol. The number of rotatable bonds is 6. The molecule has 1 N–H and O–H groups in total. The second-order valence-corrected chi connectivity index (χ2v) is 6.49. The molecule has 2 rings (SSSR count). The van der Waals surface area contributed by atoms with Gasteiger partial charge in [0, 0.05) is 29.4 Å². The van der Waals surface area contributed by atoms with Gasteiger partial charge in [-0.05, 0) is 23.6 Å². The Morgan fingerprint density at radius 1 is 1.05 bits per heavy atom. The first-order valence-electron chi connectivity index (χ1n) is 6.82. The lowest BCUT2D eigenvalue weighted by Crippen LogP contribution is -2.27. The molecule has 2 nitrogen and oxygen atoms in total. The predicted molar refractivity (Wildman–Crippen MR) is 86.4 cm³/mol. The maximum Gasteiger partial charge on any atom is 0.0579 e. The summed E-state index contributed by atoms with van der Waals surface area (Å²) in [5, 5.41) is 3.53. The van der Waals surface area contributed by atoms with E-state index in [0.29, 0.717) is 5.75 Å². The smallest absolute Gasteiger partial charge is 0.0579 e. The lowest BCUT2D eigenvalue weighted by Gasteiger charge is -2.21. The lowest BCUT2D eigenvalue weighted by atomic mass is 9.95. The molecule has 20 heavy (non-hydrogen) atoms. The van der Waals surface area contributed by atoms with Crippen molar-refractivity contribution in [3.63, 3.8) is 0 Å². The molecule has 0 bridgehead atoms. The van der Waals surface area contributed by atoms with Gasteiger partial charge in [-0.2, -0.15) is 0 Å². The zero-order chi connectivity index (χ0) is 14.4. The van der Waals surface area contributed by atoms with E-state index in [4.69, 9.17) is 0 Å². The Hall–Kier alpha value is -1.45. The fourth-order valence-electron chi connectivity index (χ4n) is 2.31. The topological polar surface area (TPSA) is 29.1 Å². The molecule has 0 fully saturated rings. The number of hydrogen-bond acceptors (Lipinski definition) is 2. The molecule has 0 saturated carbocycles. The van der Waals surface area contributed by atoms with Crippen LogP contribution >= 0.6 is 0 Å². The Kier molecular flexibility index (Phi) is 5.50. The van der Waals surface area contributed by atoms with Gasteiger partial charge in [0.05, 0.1) is 6.04 Å². The molecule has 0 saturated heterocycles. The third-order valence-corrected chi connectivity index (χ3v) is 4.15. The SMILES string of the molecule is Cc1ccccc1C(NCCS(C)=O)c1ccccc1. The maximum absolute atomic E-state index is 11.2. The largest absolute Gasteiger partial charge is 0.305 e. The van der Waals surface area contributed by atoms with Crippen molar-refractivity contribution < 1.29 is 4.21 Å². The van der Waals surface area contributed by atoms with E-state index in [1.165, 1.54) is 16.7 Å². The summed E-state index contributed by atoms with van der Waals surface area (Å²) in [6.45, 7) is 2.88. The second-order valence-electron chi connectivity index (χ2n) is 4.93. The summed E-state index contributed by atoms with van der Waals surface area (Å²) in [7, 11) is -0.763. The van der Waals surface area contributed by atoms with Crippen LogP contribution in [0.4, 0.5) is 0 Å². The van der Waals surface area contributed by atoms with E-state index in [1.807, 2.05) is 6.07 Å². The average Bonchev–Trinajstić information content (AvgIpc) is 2.45. The van der Waals surface area contributed by atoms with E-state index >= 15 is 0 Å². The van der Waals surface area contributed by atoms with E-state index in [9.17, 15) is 4.21 Å². The minimum Gasteiger partial charge on any atom is -0.305 e. The Labute approximate surface area is 123 Å². The van der Waals surface area contributed by atoms with Crippen molar-refractivity contribution in [3.05, 3.63) is 71.3 Å². The van der Waals surface area contributed by atoms with Crippen LogP contribution in [0, 0.1) is 6.92 Å². The van der Waals surface area contributed by atoms with Crippen LogP contribution in [-0.4, -0.2) is 22.8 Å². The van der Waals surface area contributed by atoms with Crippen molar-refractivity contribution in [3.8, 4) is 0 Å². The van der Waals surface area contributed by atoms with Gasteiger partial charge in [-0.3, -0.25) is 4.21 Å². The molecule has 2 aromatic carbocycles. The van der Waals surface area contributed by atoms with Crippen molar-refractivity contribution in [2.45, 2.75) is 13.0 Å². The van der Waals surface area contributed by atoms with Gasteiger partial charge < -0.3 is 5.32 Å². The first kappa shape index (κ1) is 14.9. The molecule has 0 spiro atoms. The molecule has 2 atom stereocenters. The van der Waals surface area contributed by atoms with Gasteiger partial charge in [0.25, 0.3) is 0 Å². The van der Waals surface area contributed by atoms with Crippen LogP contribution < -0.4 is 5.32 Å². The van der Waals surface area contributed by atoms with Gasteiger partial charge in [-0.1, -0.05) is 54.6 Å². The van der Waals surface area contributed by atoms with Crippen LogP contribution in [0.5, 0.6) is 0 Å². The highest BCUT2D eigenvalue weighted by atomic mass is 32.2. The summed E-state index contributed by atoms with van der Waals surface area (Å²) < 4.78 is 11.2. The fourth-order valence-corrected chi connectivity index (χ4v) is 2.72. The molecule has 0 aliphatic carbocycles. The molecular weight excluding hydrogens is 266 g/mol. The van der Waals surface area contributed by atoms with Crippen LogP contribution in [0.15, 0.2) is 54.6 Å². The van der Waals surface area contributed by atoms with Crippen molar-refractivity contribution in [2.75, 3.05) is 18.6 Å². The highest BCUT2D eigenvalue weighted by Crippen LogP contribution is 2.24.